The van der Waals surface area contributed by atoms with Gasteiger partial charge in [-0.1, -0.05) is 13.8 Å². The number of amides is 1. The van der Waals surface area contributed by atoms with Crippen LogP contribution in [0.15, 0.2) is 18.2 Å². The predicted octanol–water partition coefficient (Wildman–Crippen LogP) is 1.80. The number of hydrogen-bond acceptors (Lipinski definition) is 5. The second kappa shape index (κ2) is 7.58. The molecule has 0 fully saturated rings. The van der Waals surface area contributed by atoms with Gasteiger partial charge in [-0.25, -0.2) is 0 Å². The number of carbonyl (C=O) groups excluding carboxylic acids is 1. The molecule has 0 saturated heterocycles. The van der Waals surface area contributed by atoms with Gasteiger partial charge in [-0.3, -0.25) is 14.9 Å². The van der Waals surface area contributed by atoms with E-state index in [1.54, 1.807) is 0 Å². The van der Waals surface area contributed by atoms with Gasteiger partial charge < -0.3 is 15.2 Å². The van der Waals surface area contributed by atoms with Crippen LogP contribution in [0.5, 0.6) is 5.75 Å². The molecule has 0 aliphatic rings. The van der Waals surface area contributed by atoms with Crippen molar-refractivity contribution >= 4 is 11.6 Å². The van der Waals surface area contributed by atoms with Crippen molar-refractivity contribution < 1.29 is 19.6 Å². The lowest BCUT2D eigenvalue weighted by atomic mass is 10.1. The molecule has 1 unspecified atom stereocenters. The molecule has 1 aromatic rings. The minimum Gasteiger partial charge on any atom is -0.483 e. The summed E-state index contributed by atoms with van der Waals surface area (Å²) in [7, 11) is 0. The van der Waals surface area contributed by atoms with E-state index in [9.17, 15) is 20.0 Å². The number of nitro benzene ring substituents is 1. The van der Waals surface area contributed by atoms with Crippen LogP contribution in [0.4, 0.5) is 5.69 Å². The lowest BCUT2D eigenvalue weighted by molar-refractivity contribution is -0.385. The van der Waals surface area contributed by atoms with Crippen LogP contribution < -0.4 is 10.1 Å². The van der Waals surface area contributed by atoms with Gasteiger partial charge in [0.1, 0.15) is 5.75 Å². The SMILES string of the molecule is CC(C)CNC(=O)COc1ccc([N+](=O)[O-])cc1C(C)O. The van der Waals surface area contributed by atoms with Gasteiger partial charge in [-0.2, -0.15) is 0 Å². The van der Waals surface area contributed by atoms with Crippen LogP contribution in [0.2, 0.25) is 0 Å². The fraction of sp³-hybridized carbons (Fsp3) is 0.500. The molecule has 0 aliphatic carbocycles. The van der Waals surface area contributed by atoms with Crippen LogP contribution in [0, 0.1) is 16.0 Å². The lowest BCUT2D eigenvalue weighted by Gasteiger charge is -2.13. The van der Waals surface area contributed by atoms with E-state index in [-0.39, 0.29) is 29.5 Å². The fourth-order valence-electron chi connectivity index (χ4n) is 1.62. The Kier molecular flexibility index (Phi) is 6.10. The summed E-state index contributed by atoms with van der Waals surface area (Å²) in [6, 6.07) is 3.90. The van der Waals surface area contributed by atoms with Crippen molar-refractivity contribution in [3.8, 4) is 5.75 Å². The van der Waals surface area contributed by atoms with Crippen molar-refractivity contribution in [2.45, 2.75) is 26.9 Å². The van der Waals surface area contributed by atoms with Crippen molar-refractivity contribution in [3.05, 3.63) is 33.9 Å². The molecule has 0 aromatic heterocycles. The number of benzene rings is 1. The Bertz CT molecular complexity index is 514. The largest absolute Gasteiger partial charge is 0.483 e. The molecule has 7 nitrogen and oxygen atoms in total. The summed E-state index contributed by atoms with van der Waals surface area (Å²) in [6.45, 7) is 5.77. The molecule has 21 heavy (non-hydrogen) atoms. The van der Waals surface area contributed by atoms with Gasteiger partial charge in [0.05, 0.1) is 11.0 Å². The molecule has 116 valence electrons. The normalized spacial score (nSPS) is 12.0. The van der Waals surface area contributed by atoms with Crippen LogP contribution in [-0.2, 0) is 4.79 Å². The highest BCUT2D eigenvalue weighted by atomic mass is 16.6. The molecule has 1 amide bonds. The molecule has 0 bridgehead atoms. The lowest BCUT2D eigenvalue weighted by Crippen LogP contribution is -2.31. The average Bonchev–Trinajstić information content (AvgIpc) is 2.42. The van der Waals surface area contributed by atoms with Crippen LogP contribution in [0.25, 0.3) is 0 Å². The molecule has 1 atom stereocenters. The summed E-state index contributed by atoms with van der Waals surface area (Å²) in [5.74, 6) is 0.315. The molecule has 1 rings (SSSR count). The van der Waals surface area contributed by atoms with Gasteiger partial charge in [0.25, 0.3) is 11.6 Å². The van der Waals surface area contributed by atoms with Gasteiger partial charge in [-0.15, -0.1) is 0 Å². The van der Waals surface area contributed by atoms with Gasteiger partial charge in [0.15, 0.2) is 6.61 Å². The Morgan fingerprint density at radius 3 is 2.62 bits per heavy atom. The van der Waals surface area contributed by atoms with Crippen LogP contribution >= 0.6 is 0 Å². The fourth-order valence-corrected chi connectivity index (χ4v) is 1.62. The number of rotatable bonds is 7. The van der Waals surface area contributed by atoms with Gasteiger partial charge >= 0.3 is 0 Å². The number of ether oxygens (including phenoxy) is 1. The van der Waals surface area contributed by atoms with E-state index in [4.69, 9.17) is 4.74 Å². The number of aliphatic hydroxyl groups is 1. The third-order valence-electron chi connectivity index (χ3n) is 2.72. The minimum absolute atomic E-state index is 0.137. The highest BCUT2D eigenvalue weighted by Gasteiger charge is 2.16. The van der Waals surface area contributed by atoms with Crippen LogP contribution in [0.3, 0.4) is 0 Å². The summed E-state index contributed by atoms with van der Waals surface area (Å²) in [5.41, 5.74) is 0.142. The third-order valence-corrected chi connectivity index (χ3v) is 2.72. The first-order valence-corrected chi connectivity index (χ1v) is 6.67. The molecule has 0 spiro atoms. The second-order valence-corrected chi connectivity index (χ2v) is 5.14. The Labute approximate surface area is 123 Å². The number of non-ortho nitro benzene ring substituents is 1. The van der Waals surface area contributed by atoms with Crippen molar-refractivity contribution in [2.24, 2.45) is 5.92 Å². The zero-order valence-corrected chi connectivity index (χ0v) is 12.3. The molecular formula is C14H20N2O5. The van der Waals surface area contributed by atoms with Crippen molar-refractivity contribution in [1.82, 2.24) is 5.32 Å². The highest BCUT2D eigenvalue weighted by Crippen LogP contribution is 2.29. The number of nitrogens with zero attached hydrogens (tertiary/aromatic N) is 1. The number of carbonyl (C=O) groups is 1. The van der Waals surface area contributed by atoms with E-state index in [0.717, 1.165) is 0 Å². The molecular weight excluding hydrogens is 276 g/mol. The van der Waals surface area contributed by atoms with Crippen molar-refractivity contribution in [2.75, 3.05) is 13.2 Å². The number of hydrogen-bond donors (Lipinski definition) is 2. The molecule has 7 heteroatoms. The van der Waals surface area contributed by atoms with E-state index in [1.807, 2.05) is 13.8 Å². The number of nitro groups is 1. The topological polar surface area (TPSA) is 102 Å². The minimum atomic E-state index is -0.932. The quantitative estimate of drug-likeness (QED) is 0.590. The van der Waals surface area contributed by atoms with E-state index in [2.05, 4.69) is 5.32 Å². The Morgan fingerprint density at radius 2 is 2.10 bits per heavy atom. The summed E-state index contributed by atoms with van der Waals surface area (Å²) < 4.78 is 5.33. The van der Waals surface area contributed by atoms with Gasteiger partial charge in [0.2, 0.25) is 0 Å². The van der Waals surface area contributed by atoms with Crippen LogP contribution in [-0.4, -0.2) is 29.1 Å². The molecule has 0 aliphatic heterocycles. The smallest absolute Gasteiger partial charge is 0.270 e. The molecule has 0 radical (unpaired) electrons. The summed E-state index contributed by atoms with van der Waals surface area (Å²) in [5, 5.41) is 23.1. The Morgan fingerprint density at radius 1 is 1.43 bits per heavy atom. The monoisotopic (exact) mass is 296 g/mol. The zero-order valence-electron chi connectivity index (χ0n) is 12.3. The summed E-state index contributed by atoms with van der Waals surface area (Å²) in [4.78, 5) is 21.7. The maximum absolute atomic E-state index is 11.6. The maximum atomic E-state index is 11.6. The number of nitrogens with one attached hydrogen (secondary N) is 1. The van der Waals surface area contributed by atoms with Gasteiger partial charge in [0, 0.05) is 24.2 Å². The molecule has 0 saturated carbocycles. The first-order chi connectivity index (χ1) is 9.81. The Balaban J connectivity index is 2.74. The average molecular weight is 296 g/mol. The standard InChI is InChI=1S/C14H20N2O5/c1-9(2)7-15-14(18)8-21-13-5-4-11(16(19)20)6-12(13)10(3)17/h4-6,9-10,17H,7-8H2,1-3H3,(H,15,18). The molecule has 0 heterocycles. The van der Waals surface area contributed by atoms with E-state index < -0.39 is 11.0 Å². The third kappa shape index (κ3) is 5.39. The van der Waals surface area contributed by atoms with E-state index in [1.165, 1.54) is 25.1 Å². The van der Waals surface area contributed by atoms with Gasteiger partial charge in [-0.05, 0) is 18.9 Å². The Hall–Kier alpha value is -2.15. The number of aliphatic hydroxyl groups excluding tert-OH is 1. The second-order valence-electron chi connectivity index (χ2n) is 5.14. The summed E-state index contributed by atoms with van der Waals surface area (Å²) >= 11 is 0. The predicted molar refractivity (Wildman–Crippen MR) is 77.1 cm³/mol. The molecule has 1 aromatic carbocycles. The first kappa shape index (κ1) is 16.9. The van der Waals surface area contributed by atoms with Crippen LogP contribution in [0.1, 0.15) is 32.4 Å². The summed E-state index contributed by atoms with van der Waals surface area (Å²) in [6.07, 6.45) is -0.932. The maximum Gasteiger partial charge on any atom is 0.270 e. The van der Waals surface area contributed by atoms with E-state index in [0.29, 0.717) is 12.5 Å². The van der Waals surface area contributed by atoms with Crippen molar-refractivity contribution in [1.29, 1.82) is 0 Å². The molecule has 2 N–H and O–H groups in total. The first-order valence-electron chi connectivity index (χ1n) is 6.67. The van der Waals surface area contributed by atoms with Crippen molar-refractivity contribution in [3.63, 3.8) is 0 Å². The highest BCUT2D eigenvalue weighted by molar-refractivity contribution is 5.77. The van der Waals surface area contributed by atoms with E-state index >= 15 is 0 Å². The zero-order chi connectivity index (χ0) is 16.0.